The lowest BCUT2D eigenvalue weighted by Gasteiger charge is -2.34. The summed E-state index contributed by atoms with van der Waals surface area (Å²) in [5.74, 6) is -0.156. The van der Waals surface area contributed by atoms with E-state index in [2.05, 4.69) is 201 Å². The molecule has 0 unspecified atom stereocenters. The van der Waals surface area contributed by atoms with Crippen LogP contribution in [0.15, 0.2) is 387 Å². The molecule has 0 atom stereocenters. The summed E-state index contributed by atoms with van der Waals surface area (Å²) in [6, 6.07) is 115. The van der Waals surface area contributed by atoms with Gasteiger partial charge in [-0.3, -0.25) is 4.79 Å². The van der Waals surface area contributed by atoms with E-state index in [9.17, 15) is 24.0 Å². The normalized spacial score (nSPS) is 13.8. The number of carbonyl (C=O) groups is 5. The largest absolute Gasteiger partial charge is 0.464 e. The molecule has 122 heavy (non-hydrogen) atoms. The van der Waals surface area contributed by atoms with Gasteiger partial charge in [0.05, 0.1) is 27.7 Å². The molecule has 16 aromatic rings. The molecule has 0 bridgehead atoms. The Bertz CT molecular complexity index is 7040. The summed E-state index contributed by atoms with van der Waals surface area (Å²) in [6.07, 6.45) is 4.55. The van der Waals surface area contributed by atoms with Gasteiger partial charge in [0.25, 0.3) is 0 Å². The Labute approximate surface area is 706 Å². The molecule has 3 aliphatic rings. The van der Waals surface area contributed by atoms with Crippen LogP contribution in [0.2, 0.25) is 0 Å². The van der Waals surface area contributed by atoms with Gasteiger partial charge in [-0.25, -0.2) is 19.2 Å². The first-order valence-electron chi connectivity index (χ1n) is 40.8. The van der Waals surface area contributed by atoms with E-state index in [0.717, 1.165) is 121 Å². The Hall–Kier alpha value is -15.3. The van der Waals surface area contributed by atoms with Gasteiger partial charge in [-0.15, -0.1) is 0 Å². The van der Waals surface area contributed by atoms with Crippen molar-refractivity contribution in [2.75, 3.05) is 0 Å². The minimum absolute atomic E-state index is 0.250. The smallest absolute Gasteiger partial charge is 0.342 e. The predicted molar refractivity (Wildman–Crippen MR) is 481 cm³/mol. The van der Waals surface area contributed by atoms with Gasteiger partial charge in [0, 0.05) is 16.7 Å². The van der Waals surface area contributed by atoms with Gasteiger partial charge in [0.15, 0.2) is 0 Å². The fraction of sp³-hybridized carbons (Fsp3) is 0.0901. The van der Waals surface area contributed by atoms with Crippen molar-refractivity contribution in [3.8, 4) is 67.9 Å². The summed E-state index contributed by atoms with van der Waals surface area (Å²) in [5, 5.41) is 7.63. The number of hydrogen-bond acceptors (Lipinski definition) is 11. The molecule has 0 aliphatic heterocycles. The lowest BCUT2D eigenvalue weighted by molar-refractivity contribution is -0.138. The molecular formula is C111H80O11. The van der Waals surface area contributed by atoms with Crippen molar-refractivity contribution in [1.82, 2.24) is 0 Å². The summed E-state index contributed by atoms with van der Waals surface area (Å²) < 4.78 is 35.6. The lowest BCUT2D eigenvalue weighted by Crippen LogP contribution is -2.28. The number of fused-ring (bicyclic) bond motifs is 13. The van der Waals surface area contributed by atoms with Crippen molar-refractivity contribution in [2.45, 2.75) is 57.8 Å². The predicted octanol–water partition coefficient (Wildman–Crippen LogP) is 24.7. The molecule has 11 heteroatoms. The van der Waals surface area contributed by atoms with E-state index in [1.807, 2.05) is 129 Å². The zero-order chi connectivity index (χ0) is 83.7. The van der Waals surface area contributed by atoms with Crippen molar-refractivity contribution in [3.05, 3.63) is 454 Å². The van der Waals surface area contributed by atoms with Gasteiger partial charge in [-0.2, -0.15) is 0 Å². The number of esters is 5. The topological polar surface area (TPSA) is 141 Å². The summed E-state index contributed by atoms with van der Waals surface area (Å²) in [4.78, 5) is 66.5. The van der Waals surface area contributed by atoms with E-state index in [0.29, 0.717) is 40.1 Å². The maximum absolute atomic E-state index is 13.9. The summed E-state index contributed by atoms with van der Waals surface area (Å²) in [7, 11) is 0. The Morgan fingerprint density at radius 1 is 0.262 bits per heavy atom. The average Bonchev–Trinajstić information content (AvgIpc) is 1.55. The van der Waals surface area contributed by atoms with Crippen LogP contribution in [0.25, 0.3) is 76.5 Å². The van der Waals surface area contributed by atoms with Crippen molar-refractivity contribution < 1.29 is 52.4 Å². The molecular weight excluding hydrogens is 1510 g/mol. The first-order chi connectivity index (χ1) is 59.3. The molecule has 0 aromatic heterocycles. The molecule has 0 spiro atoms. The van der Waals surface area contributed by atoms with Crippen LogP contribution in [-0.2, 0) is 40.2 Å². The highest BCUT2D eigenvalue weighted by molar-refractivity contribution is 5.98. The molecule has 16 aromatic carbocycles. The first kappa shape index (κ1) is 76.6. The zero-order valence-electron chi connectivity index (χ0n) is 67.8. The number of rotatable bonds is 19. The van der Waals surface area contributed by atoms with Crippen LogP contribution in [0.5, 0.6) is 34.5 Å². The highest BCUT2D eigenvalue weighted by Gasteiger charge is 2.49. The molecule has 0 saturated carbocycles. The summed E-state index contributed by atoms with van der Waals surface area (Å²) in [5.41, 5.74) is 18.8. The Kier molecular flexibility index (Phi) is 19.4. The third kappa shape index (κ3) is 13.1. The van der Waals surface area contributed by atoms with E-state index < -0.39 is 40.1 Å². The van der Waals surface area contributed by atoms with E-state index in [1.54, 1.807) is 70.2 Å². The summed E-state index contributed by atoms with van der Waals surface area (Å²) in [6.45, 7) is 14.0. The van der Waals surface area contributed by atoms with Gasteiger partial charge >= 0.3 is 29.8 Å². The summed E-state index contributed by atoms with van der Waals surface area (Å²) >= 11 is 0. The monoisotopic (exact) mass is 1590 g/mol. The average molecular weight is 1590 g/mol. The minimum atomic E-state index is -0.760. The second-order valence-corrected chi connectivity index (χ2v) is 32.0. The number of hydrogen-bond donors (Lipinski definition) is 0. The molecule has 19 rings (SSSR count). The van der Waals surface area contributed by atoms with Crippen molar-refractivity contribution in [2.24, 2.45) is 5.92 Å². The minimum Gasteiger partial charge on any atom is -0.464 e. The van der Waals surface area contributed by atoms with E-state index in [4.69, 9.17) is 28.4 Å². The van der Waals surface area contributed by atoms with Crippen molar-refractivity contribution in [3.63, 3.8) is 0 Å². The standard InChI is InChI=1S/C111H80O11/c1-67(2)104(112)118-86-54-46-80(47-55-86)109(98-26-14-8-20-92(98)93-21-9-15-27-99(93)109)81-48-56-87(57-49-81)119-106(114)69(5)32-33-70(6)107(115)121-90-52-40-74-60-84(44-36-78(74)64-90)110(100-28-16-10-22-94(100)95-23-11-17-29-101(95)110)82-42-34-76-62-88(50-38-72(76)58-82)117-66-71(7)108(116)122-91-53-41-75-61-85(45-37-79(75)65-91)111(102-30-18-12-24-96(102)97-25-13-19-31-103(97)111)83-43-35-77-63-89(51-39-73(77)59-83)120-105(113)68(3)4/h8-66,68H,1H2,2-7H3/b69-32+,70-33-,71-66+. The maximum Gasteiger partial charge on any atom is 0.342 e. The Morgan fingerprint density at radius 3 is 0.820 bits per heavy atom. The number of allylic oxidation sites excluding steroid dienone is 2. The highest BCUT2D eigenvalue weighted by atomic mass is 16.6. The second-order valence-electron chi connectivity index (χ2n) is 32.0. The quantitative estimate of drug-likeness (QED) is 0.0251. The van der Waals surface area contributed by atoms with Crippen LogP contribution in [-0.4, -0.2) is 29.8 Å². The fourth-order valence-corrected chi connectivity index (χ4v) is 18.3. The van der Waals surface area contributed by atoms with Gasteiger partial charge in [-0.05, 0) is 268 Å². The molecule has 0 heterocycles. The third-order valence-corrected chi connectivity index (χ3v) is 24.2. The number of benzene rings is 16. The van der Waals surface area contributed by atoms with Crippen molar-refractivity contribution >= 4 is 72.9 Å². The molecule has 0 saturated heterocycles. The molecule has 0 radical (unpaired) electrons. The van der Waals surface area contributed by atoms with Crippen LogP contribution in [0.4, 0.5) is 0 Å². The highest BCUT2D eigenvalue weighted by Crippen LogP contribution is 2.60. The van der Waals surface area contributed by atoms with Gasteiger partial charge in [-0.1, -0.05) is 275 Å². The van der Waals surface area contributed by atoms with Crippen LogP contribution >= 0.6 is 0 Å². The number of ether oxygens (including phenoxy) is 6. The van der Waals surface area contributed by atoms with Crippen LogP contribution in [0.1, 0.15) is 108 Å². The Morgan fingerprint density at radius 2 is 0.500 bits per heavy atom. The van der Waals surface area contributed by atoms with E-state index >= 15 is 0 Å². The van der Waals surface area contributed by atoms with Crippen molar-refractivity contribution in [1.29, 1.82) is 0 Å². The molecule has 3 aliphatic carbocycles. The van der Waals surface area contributed by atoms with E-state index in [-0.39, 0.29) is 28.6 Å². The van der Waals surface area contributed by atoms with E-state index in [1.165, 1.54) is 28.5 Å². The van der Waals surface area contributed by atoms with Gasteiger partial charge in [0.1, 0.15) is 40.8 Å². The Balaban J connectivity index is 0.537. The zero-order valence-corrected chi connectivity index (χ0v) is 67.8. The lowest BCUT2D eigenvalue weighted by atomic mass is 9.67. The molecule has 0 fully saturated rings. The SMILES string of the molecule is C=C(C)C(=O)Oc1ccc(C2(c3ccc(OC(=O)/C(C)=C/C=C(/C)C(=O)Oc4ccc5cc(C6(c7ccc8cc(O/C=C(\C)C(=O)Oc9ccc%10cc(C%11(c%12ccc%13cc(OC(=O)C(C)C)ccc%13c%12)c%12ccccc%12-c%12ccccc%12%11)ccc%10c9)ccc8c7)c7ccccc7-c7ccccc76)ccc5c4)cc3)c3ccccc3-c3ccccc32)cc1. The second kappa shape index (κ2) is 30.9. The maximum atomic E-state index is 13.9. The molecule has 590 valence electrons. The van der Waals surface area contributed by atoms with Crippen LogP contribution in [0.3, 0.4) is 0 Å². The number of carbonyl (C=O) groups excluding carboxylic acids is 5. The molecule has 0 amide bonds. The van der Waals surface area contributed by atoms with Crippen LogP contribution < -0.4 is 28.4 Å². The third-order valence-electron chi connectivity index (χ3n) is 24.2. The first-order valence-corrected chi connectivity index (χ1v) is 40.8. The fourth-order valence-electron chi connectivity index (χ4n) is 18.3. The van der Waals surface area contributed by atoms with Crippen LogP contribution in [0, 0.1) is 5.92 Å². The molecule has 0 N–H and O–H groups in total. The van der Waals surface area contributed by atoms with Gasteiger partial charge < -0.3 is 28.4 Å². The van der Waals surface area contributed by atoms with Gasteiger partial charge in [0.2, 0.25) is 0 Å². The molecule has 11 nitrogen and oxygen atoms in total.